The Morgan fingerprint density at radius 2 is 2.20 bits per heavy atom. The number of likely N-dealkylation sites (N-methyl/N-ethyl adjacent to an activating group) is 1. The van der Waals surface area contributed by atoms with Crippen LogP contribution in [-0.2, 0) is 6.42 Å². The Balaban J connectivity index is 1.96. The topological polar surface area (TPSA) is 69.9 Å². The maximum Gasteiger partial charge on any atom is 0.272 e. The third-order valence-corrected chi connectivity index (χ3v) is 2.92. The first-order valence-electron chi connectivity index (χ1n) is 6.21. The molecule has 0 fully saturated rings. The van der Waals surface area contributed by atoms with Gasteiger partial charge >= 0.3 is 0 Å². The molecule has 0 bridgehead atoms. The highest BCUT2D eigenvalue weighted by atomic mass is 16.2. The maximum atomic E-state index is 12.1. The predicted molar refractivity (Wildman–Crippen MR) is 73.9 cm³/mol. The molecule has 0 aliphatic carbocycles. The lowest BCUT2D eigenvalue weighted by Gasteiger charge is -2.16. The zero-order valence-electron chi connectivity index (χ0n) is 11.2. The van der Waals surface area contributed by atoms with Gasteiger partial charge < -0.3 is 4.90 Å². The lowest BCUT2D eigenvalue weighted by atomic mass is 10.2. The molecule has 2 heterocycles. The molecular formula is C15H14N4O. The first-order valence-corrected chi connectivity index (χ1v) is 6.21. The van der Waals surface area contributed by atoms with Gasteiger partial charge in [-0.15, -0.1) is 0 Å². The number of nitrogens with zero attached hydrogens (tertiary/aromatic N) is 4. The van der Waals surface area contributed by atoms with E-state index in [4.69, 9.17) is 5.26 Å². The van der Waals surface area contributed by atoms with Crippen LogP contribution in [0.1, 0.15) is 21.6 Å². The fourth-order valence-electron chi connectivity index (χ4n) is 1.73. The third-order valence-electron chi connectivity index (χ3n) is 2.92. The highest BCUT2D eigenvalue weighted by Gasteiger charge is 2.12. The first-order chi connectivity index (χ1) is 9.70. The molecule has 5 nitrogen and oxygen atoms in total. The first kappa shape index (κ1) is 13.7. The molecule has 0 radical (unpaired) electrons. The van der Waals surface area contributed by atoms with Crippen molar-refractivity contribution in [2.45, 2.75) is 6.42 Å². The van der Waals surface area contributed by atoms with Gasteiger partial charge in [0.1, 0.15) is 11.8 Å². The molecule has 2 rings (SSSR count). The quantitative estimate of drug-likeness (QED) is 0.844. The van der Waals surface area contributed by atoms with Crippen LogP contribution in [0.2, 0.25) is 0 Å². The Labute approximate surface area is 117 Å². The molecular weight excluding hydrogens is 252 g/mol. The molecule has 0 aliphatic rings. The highest BCUT2D eigenvalue weighted by molar-refractivity contribution is 5.92. The van der Waals surface area contributed by atoms with Crippen LogP contribution < -0.4 is 0 Å². The SMILES string of the molecule is CN(CCc1cccnc1)C(=O)c1ccc(C#N)cn1. The van der Waals surface area contributed by atoms with Gasteiger partial charge in [-0.1, -0.05) is 6.07 Å². The van der Waals surface area contributed by atoms with Gasteiger partial charge in [-0.25, -0.2) is 4.98 Å². The monoisotopic (exact) mass is 266 g/mol. The Morgan fingerprint density at radius 1 is 1.35 bits per heavy atom. The van der Waals surface area contributed by atoms with Crippen LogP contribution in [0.5, 0.6) is 0 Å². The molecule has 5 heteroatoms. The summed E-state index contributed by atoms with van der Waals surface area (Å²) in [5.74, 6) is -0.154. The number of hydrogen-bond acceptors (Lipinski definition) is 4. The Bertz CT molecular complexity index is 617. The second-order valence-corrected chi connectivity index (χ2v) is 4.38. The summed E-state index contributed by atoms with van der Waals surface area (Å²) in [5.41, 5.74) is 1.87. The Kier molecular flexibility index (Phi) is 4.40. The number of pyridine rings is 2. The van der Waals surface area contributed by atoms with Crippen LogP contribution in [0.15, 0.2) is 42.9 Å². The Hall–Kier alpha value is -2.74. The van der Waals surface area contributed by atoms with Crippen LogP contribution in [0.4, 0.5) is 0 Å². The zero-order valence-corrected chi connectivity index (χ0v) is 11.2. The molecule has 0 N–H and O–H groups in total. The van der Waals surface area contributed by atoms with Crippen molar-refractivity contribution < 1.29 is 4.79 Å². The van der Waals surface area contributed by atoms with E-state index in [1.165, 1.54) is 6.20 Å². The van der Waals surface area contributed by atoms with E-state index in [0.717, 1.165) is 12.0 Å². The zero-order chi connectivity index (χ0) is 14.4. The highest BCUT2D eigenvalue weighted by Crippen LogP contribution is 2.04. The summed E-state index contributed by atoms with van der Waals surface area (Å²) in [4.78, 5) is 21.8. The largest absolute Gasteiger partial charge is 0.340 e. The van der Waals surface area contributed by atoms with Gasteiger partial charge in [0.15, 0.2) is 0 Å². The number of hydrogen-bond donors (Lipinski definition) is 0. The molecule has 0 unspecified atom stereocenters. The normalized spacial score (nSPS) is 9.80. The van der Waals surface area contributed by atoms with Gasteiger partial charge in [-0.05, 0) is 30.2 Å². The molecule has 1 amide bonds. The van der Waals surface area contributed by atoms with E-state index in [9.17, 15) is 4.79 Å². The molecule has 100 valence electrons. The molecule has 0 saturated heterocycles. The number of carbonyl (C=O) groups excluding carboxylic acids is 1. The van der Waals surface area contributed by atoms with E-state index in [1.807, 2.05) is 18.2 Å². The summed E-state index contributed by atoms with van der Waals surface area (Å²) in [6, 6.07) is 8.99. The fraction of sp³-hybridized carbons (Fsp3) is 0.200. The number of rotatable bonds is 4. The van der Waals surface area contributed by atoms with Crippen LogP contribution >= 0.6 is 0 Å². The van der Waals surface area contributed by atoms with E-state index in [0.29, 0.717) is 17.8 Å². The van der Waals surface area contributed by atoms with E-state index >= 15 is 0 Å². The van der Waals surface area contributed by atoms with E-state index < -0.39 is 0 Å². The molecule has 20 heavy (non-hydrogen) atoms. The maximum absolute atomic E-state index is 12.1. The number of carbonyl (C=O) groups is 1. The molecule has 2 aromatic heterocycles. The van der Waals surface area contributed by atoms with Gasteiger partial charge in [0, 0.05) is 32.2 Å². The van der Waals surface area contributed by atoms with Crippen LogP contribution in [0, 0.1) is 11.3 Å². The summed E-state index contributed by atoms with van der Waals surface area (Å²) in [6.07, 6.45) is 5.66. The van der Waals surface area contributed by atoms with E-state index in [1.54, 1.807) is 36.5 Å². The van der Waals surface area contributed by atoms with Crippen molar-refractivity contribution in [3.63, 3.8) is 0 Å². The van der Waals surface area contributed by atoms with Crippen molar-refractivity contribution in [2.75, 3.05) is 13.6 Å². The van der Waals surface area contributed by atoms with E-state index in [-0.39, 0.29) is 5.91 Å². The summed E-state index contributed by atoms with van der Waals surface area (Å²) in [6.45, 7) is 0.589. The van der Waals surface area contributed by atoms with E-state index in [2.05, 4.69) is 9.97 Å². The van der Waals surface area contributed by atoms with Gasteiger partial charge in [0.05, 0.1) is 5.56 Å². The minimum atomic E-state index is -0.154. The van der Waals surface area contributed by atoms with Gasteiger partial charge in [-0.2, -0.15) is 5.26 Å². The van der Waals surface area contributed by atoms with Crippen molar-refractivity contribution in [3.8, 4) is 6.07 Å². The Morgan fingerprint density at radius 3 is 2.80 bits per heavy atom. The van der Waals surface area contributed by atoms with Crippen molar-refractivity contribution in [1.29, 1.82) is 5.26 Å². The molecule has 0 spiro atoms. The number of aromatic nitrogens is 2. The molecule has 0 aromatic carbocycles. The summed E-state index contributed by atoms with van der Waals surface area (Å²) in [5, 5.41) is 8.70. The molecule has 0 saturated carbocycles. The van der Waals surface area contributed by atoms with Crippen molar-refractivity contribution in [2.24, 2.45) is 0 Å². The second-order valence-electron chi connectivity index (χ2n) is 4.38. The van der Waals surface area contributed by atoms with Gasteiger partial charge in [0.2, 0.25) is 0 Å². The molecule has 0 aliphatic heterocycles. The van der Waals surface area contributed by atoms with Gasteiger partial charge in [-0.3, -0.25) is 9.78 Å². The minimum Gasteiger partial charge on any atom is -0.340 e. The number of nitriles is 1. The minimum absolute atomic E-state index is 0.154. The lowest BCUT2D eigenvalue weighted by molar-refractivity contribution is 0.0791. The predicted octanol–water partition coefficient (Wildman–Crippen LogP) is 1.66. The average molecular weight is 266 g/mol. The van der Waals surface area contributed by atoms with Crippen LogP contribution in [0.3, 0.4) is 0 Å². The second kappa shape index (κ2) is 6.43. The van der Waals surface area contributed by atoms with Gasteiger partial charge in [0.25, 0.3) is 5.91 Å². The lowest BCUT2D eigenvalue weighted by Crippen LogP contribution is -2.29. The fourth-order valence-corrected chi connectivity index (χ4v) is 1.73. The van der Waals surface area contributed by atoms with Crippen LogP contribution in [0.25, 0.3) is 0 Å². The summed E-state index contributed by atoms with van der Waals surface area (Å²) in [7, 11) is 1.73. The van der Waals surface area contributed by atoms with Crippen molar-refractivity contribution in [1.82, 2.24) is 14.9 Å². The summed E-state index contributed by atoms with van der Waals surface area (Å²) < 4.78 is 0. The summed E-state index contributed by atoms with van der Waals surface area (Å²) >= 11 is 0. The molecule has 2 aromatic rings. The molecule has 0 atom stereocenters. The average Bonchev–Trinajstić information content (AvgIpc) is 2.53. The van der Waals surface area contributed by atoms with Crippen molar-refractivity contribution >= 4 is 5.91 Å². The number of amides is 1. The standard InChI is InChI=1S/C15H14N4O/c1-19(8-6-12-3-2-7-17-10-12)15(20)14-5-4-13(9-16)11-18-14/h2-5,7,10-11H,6,8H2,1H3. The van der Waals surface area contributed by atoms with Crippen LogP contribution in [-0.4, -0.2) is 34.4 Å². The van der Waals surface area contributed by atoms with Crippen molar-refractivity contribution in [3.05, 3.63) is 59.7 Å². The smallest absolute Gasteiger partial charge is 0.272 e. The third kappa shape index (κ3) is 3.39.